The van der Waals surface area contributed by atoms with Crippen LogP contribution in [-0.2, 0) is 19.3 Å². The molecule has 2 aromatic rings. The number of ether oxygens (including phenoxy) is 2. The number of pyridine rings is 1. The zero-order chi connectivity index (χ0) is 26.3. The van der Waals surface area contributed by atoms with Crippen molar-refractivity contribution in [3.63, 3.8) is 0 Å². The van der Waals surface area contributed by atoms with Crippen molar-refractivity contribution in [2.24, 2.45) is 5.92 Å². The molecular weight excluding hydrogens is 490 g/mol. The maximum absolute atomic E-state index is 14.3. The molecule has 5 atom stereocenters. The zero-order valence-electron chi connectivity index (χ0n) is 19.8. The molecule has 1 saturated heterocycles. The molecule has 0 unspecified atom stereocenters. The van der Waals surface area contributed by atoms with Gasteiger partial charge in [0.25, 0.3) is 5.91 Å². The summed E-state index contributed by atoms with van der Waals surface area (Å²) in [6, 6.07) is 5.02. The third kappa shape index (κ3) is 4.99. The molecule has 3 rings (SSSR count). The zero-order valence-corrected chi connectivity index (χ0v) is 20.6. The second-order valence-corrected chi connectivity index (χ2v) is 10.8. The standard InChI is InChI=1S/C23H27F4N3O4S/c1-6-33-19-12(2)16(24)8-7-15(19)18-13(3)22(4,23(25,26)27)34-20(18)21(31)30-14-9-10-29-17(11-14)35(5,28)32/h7-11,13,18,20,28H,6H2,1-5H3,(H,29,30,31)/t13-,18-,20+,22+,35-/m0/s1. The normalized spacial score (nSPS) is 26.3. The van der Waals surface area contributed by atoms with Gasteiger partial charge in [0.15, 0.2) is 5.60 Å². The third-order valence-corrected chi connectivity index (χ3v) is 7.37. The summed E-state index contributed by atoms with van der Waals surface area (Å²) in [6.45, 7) is 5.45. The molecule has 0 bridgehead atoms. The van der Waals surface area contributed by atoms with Crippen LogP contribution in [0.1, 0.15) is 37.8 Å². The van der Waals surface area contributed by atoms with Crippen LogP contribution in [0.15, 0.2) is 35.5 Å². The highest BCUT2D eigenvalue weighted by Gasteiger charge is 2.65. The van der Waals surface area contributed by atoms with Crippen molar-refractivity contribution < 1.29 is 36.0 Å². The van der Waals surface area contributed by atoms with Crippen LogP contribution >= 0.6 is 0 Å². The number of benzene rings is 1. The maximum Gasteiger partial charge on any atom is 0.417 e. The van der Waals surface area contributed by atoms with Crippen LogP contribution in [0.5, 0.6) is 5.75 Å². The Morgan fingerprint density at radius 3 is 2.57 bits per heavy atom. The summed E-state index contributed by atoms with van der Waals surface area (Å²) in [5.41, 5.74) is -2.24. The highest BCUT2D eigenvalue weighted by Crippen LogP contribution is 2.55. The fourth-order valence-corrected chi connectivity index (χ4v) is 4.84. The van der Waals surface area contributed by atoms with E-state index in [-0.39, 0.29) is 34.2 Å². The lowest BCUT2D eigenvalue weighted by Gasteiger charge is -2.32. The van der Waals surface area contributed by atoms with E-state index in [1.807, 2.05) is 0 Å². The van der Waals surface area contributed by atoms with E-state index in [0.29, 0.717) is 0 Å². The molecule has 1 amide bonds. The number of carbonyl (C=O) groups excluding carboxylic acids is 1. The van der Waals surface area contributed by atoms with E-state index in [9.17, 15) is 26.6 Å². The Hall–Kier alpha value is -2.73. The summed E-state index contributed by atoms with van der Waals surface area (Å²) in [5.74, 6) is -3.77. The molecule has 1 aliphatic heterocycles. The Labute approximate surface area is 201 Å². The van der Waals surface area contributed by atoms with Crippen molar-refractivity contribution in [1.29, 1.82) is 4.78 Å². The number of nitrogens with one attached hydrogen (secondary N) is 2. The number of halogens is 4. The minimum atomic E-state index is -4.80. The van der Waals surface area contributed by atoms with E-state index >= 15 is 0 Å². The van der Waals surface area contributed by atoms with Gasteiger partial charge in [-0.15, -0.1) is 0 Å². The minimum absolute atomic E-state index is 0.0725. The molecule has 1 fully saturated rings. The number of hydrogen-bond donors (Lipinski definition) is 2. The summed E-state index contributed by atoms with van der Waals surface area (Å²) < 4.78 is 87.3. The molecule has 0 spiro atoms. The van der Waals surface area contributed by atoms with Crippen LogP contribution in [0, 0.1) is 23.4 Å². The fraction of sp³-hybridized carbons (Fsp3) is 0.478. The van der Waals surface area contributed by atoms with Gasteiger partial charge in [0.1, 0.15) is 22.7 Å². The highest BCUT2D eigenvalue weighted by molar-refractivity contribution is 7.91. The molecule has 1 aromatic heterocycles. The maximum atomic E-state index is 14.3. The number of carbonyl (C=O) groups is 1. The van der Waals surface area contributed by atoms with Gasteiger partial charge in [0.2, 0.25) is 0 Å². The van der Waals surface area contributed by atoms with Crippen LogP contribution in [0.25, 0.3) is 0 Å². The average Bonchev–Trinajstić information content (AvgIpc) is 3.03. The third-order valence-electron chi connectivity index (χ3n) is 6.35. The molecular formula is C23H27F4N3O4S. The van der Waals surface area contributed by atoms with Crippen LogP contribution < -0.4 is 10.1 Å². The highest BCUT2D eigenvalue weighted by atomic mass is 32.2. The number of amides is 1. The van der Waals surface area contributed by atoms with Crippen molar-refractivity contribution in [3.8, 4) is 5.75 Å². The summed E-state index contributed by atoms with van der Waals surface area (Å²) in [5, 5.41) is 2.39. The number of hydrogen-bond acceptors (Lipinski definition) is 6. The Morgan fingerprint density at radius 1 is 1.34 bits per heavy atom. The van der Waals surface area contributed by atoms with Crippen LogP contribution in [-0.4, -0.2) is 45.8 Å². The Kier molecular flexibility index (Phi) is 7.20. The lowest BCUT2D eigenvalue weighted by Crippen LogP contribution is -2.47. The smallest absolute Gasteiger partial charge is 0.417 e. The van der Waals surface area contributed by atoms with Gasteiger partial charge in [-0.1, -0.05) is 13.0 Å². The van der Waals surface area contributed by atoms with Gasteiger partial charge in [0, 0.05) is 41.1 Å². The van der Waals surface area contributed by atoms with Gasteiger partial charge in [0.05, 0.1) is 16.3 Å². The average molecular weight is 518 g/mol. The lowest BCUT2D eigenvalue weighted by atomic mass is 9.76. The van der Waals surface area contributed by atoms with Gasteiger partial charge in [-0.2, -0.15) is 13.2 Å². The quantitative estimate of drug-likeness (QED) is 0.523. The van der Waals surface area contributed by atoms with Gasteiger partial charge in [-0.05, 0) is 39.0 Å². The largest absolute Gasteiger partial charge is 0.493 e. The molecule has 1 aliphatic rings. The van der Waals surface area contributed by atoms with Crippen LogP contribution in [0.3, 0.4) is 0 Å². The topological polar surface area (TPSA) is 101 Å². The SMILES string of the molecule is CCOc1c([C@H]2[C@H](C(=O)Nc3ccnc([S@@](C)(=N)=O)c3)O[C@@](C)(C(F)(F)F)[C@H]2C)ccc(F)c1C. The van der Waals surface area contributed by atoms with E-state index in [0.717, 1.165) is 19.2 Å². The van der Waals surface area contributed by atoms with Gasteiger partial charge >= 0.3 is 6.18 Å². The number of anilines is 1. The molecule has 192 valence electrons. The lowest BCUT2D eigenvalue weighted by molar-refractivity contribution is -0.272. The van der Waals surface area contributed by atoms with E-state index in [2.05, 4.69) is 10.3 Å². The van der Waals surface area contributed by atoms with E-state index in [1.54, 1.807) is 6.92 Å². The molecule has 12 heteroatoms. The molecule has 0 aliphatic carbocycles. The molecule has 0 saturated carbocycles. The van der Waals surface area contributed by atoms with Crippen molar-refractivity contribution in [2.75, 3.05) is 18.2 Å². The van der Waals surface area contributed by atoms with Crippen LogP contribution in [0.2, 0.25) is 0 Å². The van der Waals surface area contributed by atoms with E-state index < -0.39 is 51.2 Å². The van der Waals surface area contributed by atoms with Crippen LogP contribution in [0.4, 0.5) is 23.2 Å². The molecule has 35 heavy (non-hydrogen) atoms. The summed E-state index contributed by atoms with van der Waals surface area (Å²) >= 11 is 0. The summed E-state index contributed by atoms with van der Waals surface area (Å²) in [6.07, 6.45) is -4.03. The second-order valence-electron chi connectivity index (χ2n) is 8.70. The molecule has 7 nitrogen and oxygen atoms in total. The number of aromatic nitrogens is 1. The van der Waals surface area contributed by atoms with Crippen molar-refractivity contribution in [2.45, 2.75) is 56.5 Å². The predicted molar refractivity (Wildman–Crippen MR) is 121 cm³/mol. The summed E-state index contributed by atoms with van der Waals surface area (Å²) in [4.78, 5) is 17.1. The van der Waals surface area contributed by atoms with Crippen molar-refractivity contribution in [3.05, 3.63) is 47.4 Å². The van der Waals surface area contributed by atoms with Gasteiger partial charge in [-0.3, -0.25) is 4.79 Å². The number of rotatable bonds is 6. The van der Waals surface area contributed by atoms with Gasteiger partial charge in [-0.25, -0.2) is 18.4 Å². The Bertz CT molecular complexity index is 1240. The molecule has 2 heterocycles. The van der Waals surface area contributed by atoms with Crippen molar-refractivity contribution >= 4 is 21.3 Å². The molecule has 0 radical (unpaired) electrons. The first kappa shape index (κ1) is 26.9. The monoisotopic (exact) mass is 517 g/mol. The van der Waals surface area contributed by atoms with Crippen molar-refractivity contribution in [1.82, 2.24) is 4.98 Å². The number of nitrogens with zero attached hydrogens (tertiary/aromatic N) is 1. The Balaban J connectivity index is 2.10. The van der Waals surface area contributed by atoms with Gasteiger partial charge < -0.3 is 14.8 Å². The second kappa shape index (κ2) is 9.38. The number of alkyl halides is 3. The van der Waals surface area contributed by atoms with E-state index in [1.165, 1.54) is 38.2 Å². The Morgan fingerprint density at radius 2 is 2.00 bits per heavy atom. The summed E-state index contributed by atoms with van der Waals surface area (Å²) in [7, 11) is -3.20. The fourth-order valence-electron chi connectivity index (χ4n) is 4.22. The minimum Gasteiger partial charge on any atom is -0.493 e. The first-order valence-electron chi connectivity index (χ1n) is 10.8. The first-order chi connectivity index (χ1) is 16.1. The first-order valence-corrected chi connectivity index (χ1v) is 12.8. The predicted octanol–water partition coefficient (Wildman–Crippen LogP) is 5.04. The molecule has 2 N–H and O–H groups in total. The van der Waals surface area contributed by atoms with E-state index in [4.69, 9.17) is 14.3 Å². The molecule has 1 aromatic carbocycles.